The summed E-state index contributed by atoms with van der Waals surface area (Å²) < 4.78 is 5.36. The minimum absolute atomic E-state index is 0.00228. The van der Waals surface area contributed by atoms with Gasteiger partial charge < -0.3 is 20.1 Å². The number of ether oxygens (including phenoxy) is 1. The maximum atomic E-state index is 12.3. The van der Waals surface area contributed by atoms with Gasteiger partial charge in [-0.15, -0.1) is 0 Å². The van der Waals surface area contributed by atoms with Crippen LogP contribution in [0, 0.1) is 5.41 Å². The van der Waals surface area contributed by atoms with Gasteiger partial charge in [-0.3, -0.25) is 0 Å². The Hall–Kier alpha value is -1.59. The Morgan fingerprint density at radius 1 is 1.26 bits per heavy atom. The molecule has 0 aromatic heterocycles. The lowest BCUT2D eigenvalue weighted by Gasteiger charge is -2.40. The minimum atomic E-state index is -0.0646. The molecule has 2 rings (SSSR count). The van der Waals surface area contributed by atoms with Crippen LogP contribution in [-0.4, -0.2) is 42.3 Å². The molecule has 1 aromatic rings. The van der Waals surface area contributed by atoms with Gasteiger partial charge in [-0.1, -0.05) is 19.1 Å². The molecule has 2 amide bonds. The summed E-state index contributed by atoms with van der Waals surface area (Å²) in [5.74, 6) is 0. The second kappa shape index (κ2) is 8.31. The standard InChI is InChI=1S/C18H28N2O3/c1-3-18(14-21)9-11-20(12-10-18)17(22)19-16-7-5-15(6-8-16)13-23-4-2/h5-8,21H,3-4,9-14H2,1-2H3,(H,19,22). The lowest BCUT2D eigenvalue weighted by Crippen LogP contribution is -2.46. The molecule has 0 atom stereocenters. The van der Waals surface area contributed by atoms with Crippen LogP contribution >= 0.6 is 0 Å². The van der Waals surface area contributed by atoms with Crippen molar-refractivity contribution >= 4 is 11.7 Å². The molecule has 0 spiro atoms. The first-order valence-corrected chi connectivity index (χ1v) is 8.46. The van der Waals surface area contributed by atoms with Gasteiger partial charge in [0.15, 0.2) is 0 Å². The van der Waals surface area contributed by atoms with Crippen molar-refractivity contribution in [3.05, 3.63) is 29.8 Å². The number of aliphatic hydroxyl groups is 1. The number of aliphatic hydroxyl groups excluding tert-OH is 1. The van der Waals surface area contributed by atoms with Crippen LogP contribution < -0.4 is 5.32 Å². The van der Waals surface area contributed by atoms with Crippen molar-refractivity contribution in [2.75, 3.05) is 31.6 Å². The van der Waals surface area contributed by atoms with Gasteiger partial charge in [-0.25, -0.2) is 4.79 Å². The summed E-state index contributed by atoms with van der Waals surface area (Å²) in [7, 11) is 0. The van der Waals surface area contributed by atoms with Crippen LogP contribution in [0.4, 0.5) is 10.5 Å². The average molecular weight is 320 g/mol. The largest absolute Gasteiger partial charge is 0.396 e. The zero-order chi connectivity index (χ0) is 16.7. The number of amides is 2. The average Bonchev–Trinajstić information content (AvgIpc) is 2.61. The molecule has 5 heteroatoms. The van der Waals surface area contributed by atoms with Crippen LogP contribution in [0.2, 0.25) is 0 Å². The molecule has 0 unspecified atom stereocenters. The number of piperidine rings is 1. The first-order chi connectivity index (χ1) is 11.1. The van der Waals surface area contributed by atoms with Gasteiger partial charge >= 0.3 is 6.03 Å². The number of carbonyl (C=O) groups is 1. The first-order valence-electron chi connectivity index (χ1n) is 8.46. The number of anilines is 1. The molecule has 1 aliphatic heterocycles. The highest BCUT2D eigenvalue weighted by molar-refractivity contribution is 5.89. The fourth-order valence-corrected chi connectivity index (χ4v) is 2.91. The summed E-state index contributed by atoms with van der Waals surface area (Å²) in [6.45, 7) is 6.97. The van der Waals surface area contributed by atoms with E-state index in [9.17, 15) is 9.90 Å². The van der Waals surface area contributed by atoms with E-state index in [0.717, 1.165) is 30.5 Å². The van der Waals surface area contributed by atoms with Crippen LogP contribution in [0.5, 0.6) is 0 Å². The van der Waals surface area contributed by atoms with Gasteiger partial charge in [-0.05, 0) is 49.3 Å². The third-order valence-electron chi connectivity index (χ3n) is 4.87. The zero-order valence-electron chi connectivity index (χ0n) is 14.2. The van der Waals surface area contributed by atoms with Gasteiger partial charge in [0.05, 0.1) is 6.61 Å². The number of carbonyl (C=O) groups excluding carboxylic acids is 1. The highest BCUT2D eigenvalue weighted by Crippen LogP contribution is 2.34. The lowest BCUT2D eigenvalue weighted by molar-refractivity contribution is 0.0542. The fraction of sp³-hybridized carbons (Fsp3) is 0.611. The molecule has 1 fully saturated rings. The SMILES string of the molecule is CCOCc1ccc(NC(=O)N2CCC(CC)(CO)CC2)cc1. The topological polar surface area (TPSA) is 61.8 Å². The van der Waals surface area contributed by atoms with E-state index < -0.39 is 0 Å². The number of hydrogen-bond acceptors (Lipinski definition) is 3. The summed E-state index contributed by atoms with van der Waals surface area (Å²) in [6, 6.07) is 7.68. The Balaban J connectivity index is 1.85. The second-order valence-electron chi connectivity index (χ2n) is 6.26. The van der Waals surface area contributed by atoms with E-state index in [0.29, 0.717) is 26.3 Å². The quantitative estimate of drug-likeness (QED) is 0.846. The molecule has 23 heavy (non-hydrogen) atoms. The number of benzene rings is 1. The molecule has 1 saturated heterocycles. The Labute approximate surface area is 138 Å². The molecule has 0 aliphatic carbocycles. The Morgan fingerprint density at radius 3 is 2.43 bits per heavy atom. The van der Waals surface area contributed by atoms with Crippen LogP contribution in [0.15, 0.2) is 24.3 Å². The number of nitrogens with one attached hydrogen (secondary N) is 1. The molecule has 1 heterocycles. The summed E-state index contributed by atoms with van der Waals surface area (Å²) in [6.07, 6.45) is 2.68. The van der Waals surface area contributed by atoms with E-state index in [4.69, 9.17) is 4.74 Å². The van der Waals surface area contributed by atoms with Crippen molar-refractivity contribution < 1.29 is 14.6 Å². The molecule has 128 valence electrons. The summed E-state index contributed by atoms with van der Waals surface area (Å²) >= 11 is 0. The monoisotopic (exact) mass is 320 g/mol. The van der Waals surface area contributed by atoms with Gasteiger partial charge in [-0.2, -0.15) is 0 Å². The summed E-state index contributed by atoms with van der Waals surface area (Å²) in [5, 5.41) is 12.5. The molecular formula is C18H28N2O3. The zero-order valence-corrected chi connectivity index (χ0v) is 14.2. The van der Waals surface area contributed by atoms with Crippen molar-refractivity contribution in [2.45, 2.75) is 39.7 Å². The van der Waals surface area contributed by atoms with E-state index in [-0.39, 0.29) is 18.1 Å². The van der Waals surface area contributed by atoms with Gasteiger partial charge in [0.2, 0.25) is 0 Å². The number of urea groups is 1. The van der Waals surface area contributed by atoms with Crippen LogP contribution in [0.25, 0.3) is 0 Å². The second-order valence-corrected chi connectivity index (χ2v) is 6.26. The maximum absolute atomic E-state index is 12.3. The summed E-state index contributed by atoms with van der Waals surface area (Å²) in [5.41, 5.74) is 1.89. The van der Waals surface area contributed by atoms with Crippen molar-refractivity contribution in [3.8, 4) is 0 Å². The van der Waals surface area contributed by atoms with Gasteiger partial charge in [0.25, 0.3) is 0 Å². The Kier molecular flexibility index (Phi) is 6.42. The highest BCUT2D eigenvalue weighted by Gasteiger charge is 2.33. The number of nitrogens with zero attached hydrogens (tertiary/aromatic N) is 1. The number of rotatable bonds is 6. The number of likely N-dealkylation sites (tertiary alicyclic amines) is 1. The minimum Gasteiger partial charge on any atom is -0.396 e. The molecule has 0 saturated carbocycles. The number of hydrogen-bond donors (Lipinski definition) is 2. The predicted octanol–water partition coefficient (Wildman–Crippen LogP) is 3.24. The highest BCUT2D eigenvalue weighted by atomic mass is 16.5. The van der Waals surface area contributed by atoms with Gasteiger partial charge in [0.1, 0.15) is 0 Å². The molecule has 1 aromatic carbocycles. The predicted molar refractivity (Wildman–Crippen MR) is 91.4 cm³/mol. The fourth-order valence-electron chi connectivity index (χ4n) is 2.91. The third-order valence-corrected chi connectivity index (χ3v) is 4.87. The van der Waals surface area contributed by atoms with Crippen LogP contribution in [0.3, 0.4) is 0 Å². The normalized spacial score (nSPS) is 17.1. The van der Waals surface area contributed by atoms with Crippen molar-refractivity contribution in [3.63, 3.8) is 0 Å². The maximum Gasteiger partial charge on any atom is 0.321 e. The van der Waals surface area contributed by atoms with E-state index in [1.54, 1.807) is 0 Å². The Morgan fingerprint density at radius 2 is 1.91 bits per heavy atom. The van der Waals surface area contributed by atoms with E-state index in [1.165, 1.54) is 0 Å². The van der Waals surface area contributed by atoms with Crippen molar-refractivity contribution in [2.24, 2.45) is 5.41 Å². The third kappa shape index (κ3) is 4.69. The smallest absolute Gasteiger partial charge is 0.321 e. The molecule has 2 N–H and O–H groups in total. The van der Waals surface area contributed by atoms with Crippen LogP contribution in [-0.2, 0) is 11.3 Å². The molecular weight excluding hydrogens is 292 g/mol. The molecule has 5 nitrogen and oxygen atoms in total. The first kappa shape index (κ1) is 17.8. The molecule has 0 bridgehead atoms. The van der Waals surface area contributed by atoms with Crippen molar-refractivity contribution in [1.82, 2.24) is 4.90 Å². The van der Waals surface area contributed by atoms with E-state index in [1.807, 2.05) is 36.1 Å². The van der Waals surface area contributed by atoms with E-state index in [2.05, 4.69) is 12.2 Å². The van der Waals surface area contributed by atoms with Crippen molar-refractivity contribution in [1.29, 1.82) is 0 Å². The lowest BCUT2D eigenvalue weighted by atomic mass is 9.77. The van der Waals surface area contributed by atoms with Crippen LogP contribution in [0.1, 0.15) is 38.7 Å². The summed E-state index contributed by atoms with van der Waals surface area (Å²) in [4.78, 5) is 14.2. The van der Waals surface area contributed by atoms with Gasteiger partial charge in [0, 0.05) is 32.0 Å². The molecule has 0 radical (unpaired) electrons. The van der Waals surface area contributed by atoms with E-state index >= 15 is 0 Å². The molecule has 1 aliphatic rings. The Bertz CT molecular complexity index is 487.